The lowest BCUT2D eigenvalue weighted by atomic mass is 9.92. The van der Waals surface area contributed by atoms with Gasteiger partial charge in [-0.1, -0.05) is 56.7 Å². The van der Waals surface area contributed by atoms with Gasteiger partial charge in [0.1, 0.15) is 17.3 Å². The van der Waals surface area contributed by atoms with Crippen LogP contribution < -0.4 is 21.5 Å². The van der Waals surface area contributed by atoms with E-state index in [1.807, 2.05) is 57.2 Å². The van der Waals surface area contributed by atoms with Gasteiger partial charge in [0.15, 0.2) is 0 Å². The Kier molecular flexibility index (Phi) is 8.49. The third-order valence-electron chi connectivity index (χ3n) is 5.06. The first kappa shape index (κ1) is 25.8. The number of rotatable bonds is 7. The third-order valence-corrected chi connectivity index (χ3v) is 5.35. The van der Waals surface area contributed by atoms with Gasteiger partial charge in [-0.25, -0.2) is 4.98 Å². The number of amides is 1. The average molecular weight is 492 g/mol. The summed E-state index contributed by atoms with van der Waals surface area (Å²) in [5.74, 6) is 0.869. The number of pyridine rings is 1. The number of nitrogens with zero attached hydrogens (tertiary/aromatic N) is 2. The van der Waals surface area contributed by atoms with Crippen molar-refractivity contribution in [1.82, 2.24) is 4.98 Å². The van der Waals surface area contributed by atoms with Gasteiger partial charge in [0, 0.05) is 27.9 Å². The van der Waals surface area contributed by atoms with E-state index in [1.165, 1.54) is 6.07 Å². The molecule has 1 aliphatic rings. The molecule has 2 aromatic rings. The summed E-state index contributed by atoms with van der Waals surface area (Å²) in [5, 5.41) is 4.05. The summed E-state index contributed by atoms with van der Waals surface area (Å²) in [6.45, 7) is 6.63. The number of benzene rings is 1. The topological polar surface area (TPSA) is 116 Å². The molecule has 1 heterocycles. The molecular weight excluding hydrogens is 462 g/mol. The number of aliphatic imine (C=N–C) groups is 1. The van der Waals surface area contributed by atoms with Crippen LogP contribution in [0.25, 0.3) is 0 Å². The van der Waals surface area contributed by atoms with Crippen molar-refractivity contribution >= 4 is 29.0 Å². The molecule has 0 saturated heterocycles. The van der Waals surface area contributed by atoms with E-state index in [2.05, 4.69) is 16.4 Å². The molecule has 1 aliphatic carbocycles. The first-order valence-electron chi connectivity index (χ1n) is 11.2. The number of hydrogen-bond acceptors (Lipinski definition) is 5. The molecule has 0 radical (unpaired) electrons. The molecule has 0 atom stereocenters. The van der Waals surface area contributed by atoms with Crippen LogP contribution in [-0.4, -0.2) is 23.3 Å². The molecule has 0 fully saturated rings. The van der Waals surface area contributed by atoms with Gasteiger partial charge in [-0.2, -0.15) is 0 Å². The van der Waals surface area contributed by atoms with E-state index >= 15 is 0 Å². The summed E-state index contributed by atoms with van der Waals surface area (Å²) in [4.78, 5) is 20.2. The van der Waals surface area contributed by atoms with Crippen LogP contribution in [0.15, 0.2) is 94.1 Å². The highest BCUT2D eigenvalue weighted by Crippen LogP contribution is 2.23. The number of amidine groups is 1. The lowest BCUT2D eigenvalue weighted by Gasteiger charge is -2.19. The second-order valence-electron chi connectivity index (χ2n) is 8.96. The van der Waals surface area contributed by atoms with Crippen LogP contribution in [0.4, 0.5) is 5.69 Å². The number of nitrogens with two attached hydrogens (primary N) is 2. The zero-order chi connectivity index (χ0) is 25.4. The molecular formula is C27H30ClN5O2. The number of primary amides is 1. The Morgan fingerprint density at radius 1 is 1.14 bits per heavy atom. The highest BCUT2D eigenvalue weighted by Gasteiger charge is 2.14. The van der Waals surface area contributed by atoms with E-state index in [1.54, 1.807) is 24.3 Å². The van der Waals surface area contributed by atoms with Crippen molar-refractivity contribution in [2.24, 2.45) is 21.9 Å². The molecule has 5 N–H and O–H groups in total. The molecule has 7 nitrogen and oxygen atoms in total. The van der Waals surface area contributed by atoms with E-state index in [0.717, 1.165) is 17.7 Å². The summed E-state index contributed by atoms with van der Waals surface area (Å²) in [5.41, 5.74) is 14.1. The largest absolute Gasteiger partial charge is 0.439 e. The number of nitrogens with one attached hydrogen (secondary N) is 1. The third kappa shape index (κ3) is 8.15. The van der Waals surface area contributed by atoms with Crippen LogP contribution in [0.5, 0.6) is 11.6 Å². The van der Waals surface area contributed by atoms with E-state index in [9.17, 15) is 4.79 Å². The molecule has 182 valence electrons. The van der Waals surface area contributed by atoms with Crippen molar-refractivity contribution < 1.29 is 9.53 Å². The fourth-order valence-corrected chi connectivity index (χ4v) is 3.06. The average Bonchev–Trinajstić information content (AvgIpc) is 3.02. The number of carbonyl (C=O) groups is 1. The van der Waals surface area contributed by atoms with Gasteiger partial charge < -0.3 is 21.5 Å². The maximum atomic E-state index is 11.3. The molecule has 1 aromatic heterocycles. The Labute approximate surface area is 210 Å². The molecule has 8 heteroatoms. The number of carbonyl (C=O) groups excluding carboxylic acids is 1. The summed E-state index contributed by atoms with van der Waals surface area (Å²) in [6, 6.07) is 12.2. The van der Waals surface area contributed by atoms with Crippen LogP contribution in [0.1, 0.15) is 37.7 Å². The van der Waals surface area contributed by atoms with Gasteiger partial charge in [0.2, 0.25) is 5.88 Å². The minimum Gasteiger partial charge on any atom is -0.439 e. The second kappa shape index (κ2) is 11.5. The highest BCUT2D eigenvalue weighted by molar-refractivity contribution is 6.31. The number of halogens is 1. The highest BCUT2D eigenvalue weighted by atomic mass is 35.5. The Morgan fingerprint density at radius 3 is 2.57 bits per heavy atom. The van der Waals surface area contributed by atoms with Gasteiger partial charge in [-0.15, -0.1) is 0 Å². The molecule has 1 aromatic carbocycles. The van der Waals surface area contributed by atoms with Crippen LogP contribution in [-0.2, 0) is 0 Å². The van der Waals surface area contributed by atoms with Crippen molar-refractivity contribution in [1.29, 1.82) is 0 Å². The molecule has 35 heavy (non-hydrogen) atoms. The summed E-state index contributed by atoms with van der Waals surface area (Å²) >= 11 is 6.09. The lowest BCUT2D eigenvalue weighted by Crippen LogP contribution is -2.21. The molecule has 1 amide bonds. The SMILES string of the molecule is CC(C)(C)/C(N)=C/C(=NCC1=CCC=C(Cl)C=C1)Nc1ccc(Oc2cccc(C(N)=O)n2)cc1. The van der Waals surface area contributed by atoms with Gasteiger partial charge in [0.05, 0.1) is 6.54 Å². The van der Waals surface area contributed by atoms with Crippen molar-refractivity contribution in [3.05, 3.63) is 94.8 Å². The molecule has 0 aliphatic heterocycles. The van der Waals surface area contributed by atoms with E-state index in [0.29, 0.717) is 28.9 Å². The van der Waals surface area contributed by atoms with E-state index in [4.69, 9.17) is 32.8 Å². The molecule has 3 rings (SSSR count). The van der Waals surface area contributed by atoms with Crippen LogP contribution in [0.3, 0.4) is 0 Å². The fourth-order valence-electron chi connectivity index (χ4n) is 2.91. The maximum absolute atomic E-state index is 11.3. The quantitative estimate of drug-likeness (QED) is 0.340. The summed E-state index contributed by atoms with van der Waals surface area (Å²) < 4.78 is 5.75. The van der Waals surface area contributed by atoms with Gasteiger partial charge in [-0.3, -0.25) is 9.79 Å². The van der Waals surface area contributed by atoms with Gasteiger partial charge >= 0.3 is 0 Å². The molecule has 0 spiro atoms. The Hall–Kier alpha value is -3.84. The second-order valence-corrected chi connectivity index (χ2v) is 9.40. The van der Waals surface area contributed by atoms with Crippen molar-refractivity contribution in [2.75, 3.05) is 11.9 Å². The molecule has 0 unspecified atom stereocenters. The minimum atomic E-state index is -0.612. The predicted molar refractivity (Wildman–Crippen MR) is 143 cm³/mol. The van der Waals surface area contributed by atoms with Crippen molar-refractivity contribution in [3.63, 3.8) is 0 Å². The van der Waals surface area contributed by atoms with E-state index in [-0.39, 0.29) is 17.0 Å². The van der Waals surface area contributed by atoms with Gasteiger partial charge in [0.25, 0.3) is 5.91 Å². The standard InChI is InChI=1S/C27H30ClN5O2/c1-27(2,3)23(29)16-24(31-17-18-6-4-7-19(28)11-10-18)32-20-12-14-21(15-13-20)35-25-9-5-8-22(33-25)26(30)34/h5-16H,4,17,29H2,1-3H3,(H2,30,34)(H,31,32)/b23-16-. The Morgan fingerprint density at radius 2 is 1.89 bits per heavy atom. The van der Waals surface area contributed by atoms with Gasteiger partial charge in [-0.05, 0) is 54.5 Å². The van der Waals surface area contributed by atoms with E-state index < -0.39 is 5.91 Å². The fraction of sp³-hybridized carbons (Fsp3) is 0.222. The molecule has 0 saturated carbocycles. The summed E-state index contributed by atoms with van der Waals surface area (Å²) in [6.07, 6.45) is 10.5. The normalized spacial score (nSPS) is 14.6. The summed E-state index contributed by atoms with van der Waals surface area (Å²) in [7, 11) is 0. The zero-order valence-corrected chi connectivity index (χ0v) is 20.8. The smallest absolute Gasteiger partial charge is 0.267 e. The number of anilines is 1. The number of aromatic nitrogens is 1. The minimum absolute atomic E-state index is 0.140. The van der Waals surface area contributed by atoms with Crippen molar-refractivity contribution in [2.45, 2.75) is 27.2 Å². The van der Waals surface area contributed by atoms with Crippen LogP contribution in [0.2, 0.25) is 0 Å². The van der Waals surface area contributed by atoms with Crippen molar-refractivity contribution in [3.8, 4) is 11.6 Å². The van der Waals surface area contributed by atoms with Crippen LogP contribution >= 0.6 is 11.6 Å². The Balaban J connectivity index is 1.76. The number of allylic oxidation sites excluding steroid dienone is 5. The maximum Gasteiger partial charge on any atom is 0.267 e. The lowest BCUT2D eigenvalue weighted by molar-refractivity contribution is 0.0995. The first-order chi connectivity index (χ1) is 16.6. The Bertz CT molecular complexity index is 1220. The number of ether oxygens (including phenoxy) is 1. The monoisotopic (exact) mass is 491 g/mol. The first-order valence-corrected chi connectivity index (χ1v) is 11.5. The number of hydrogen-bond donors (Lipinski definition) is 3. The zero-order valence-electron chi connectivity index (χ0n) is 20.1. The predicted octanol–water partition coefficient (Wildman–Crippen LogP) is 5.68. The van der Waals surface area contributed by atoms with Crippen LogP contribution in [0, 0.1) is 5.41 Å². The molecule has 0 bridgehead atoms.